The highest BCUT2D eigenvalue weighted by molar-refractivity contribution is 6.31. The van der Waals surface area contributed by atoms with Gasteiger partial charge >= 0.3 is 0 Å². The van der Waals surface area contributed by atoms with Crippen molar-refractivity contribution in [3.63, 3.8) is 0 Å². The van der Waals surface area contributed by atoms with Crippen molar-refractivity contribution in [3.05, 3.63) is 81.4 Å². The first-order valence-corrected chi connectivity index (χ1v) is 12.4. The van der Waals surface area contributed by atoms with Gasteiger partial charge in [-0.3, -0.25) is 9.59 Å². The molecule has 0 saturated carbocycles. The Morgan fingerprint density at radius 3 is 2.34 bits per heavy atom. The third-order valence-corrected chi connectivity index (χ3v) is 7.62. The van der Waals surface area contributed by atoms with Gasteiger partial charge in [0, 0.05) is 22.3 Å². The molecule has 0 bridgehead atoms. The van der Waals surface area contributed by atoms with Crippen LogP contribution in [0.3, 0.4) is 0 Å². The Morgan fingerprint density at radius 1 is 0.868 bits per heavy atom. The number of aryl methyl sites for hydroxylation is 1. The van der Waals surface area contributed by atoms with Gasteiger partial charge in [0.1, 0.15) is 23.0 Å². The van der Waals surface area contributed by atoms with Gasteiger partial charge in [-0.15, -0.1) is 0 Å². The molecule has 0 radical (unpaired) electrons. The fourth-order valence-corrected chi connectivity index (χ4v) is 6.11. The second-order valence-corrected chi connectivity index (χ2v) is 10.0. The summed E-state index contributed by atoms with van der Waals surface area (Å²) in [7, 11) is 1.52. The summed E-state index contributed by atoms with van der Waals surface area (Å²) in [6.07, 6.45) is -0.132. The van der Waals surface area contributed by atoms with Gasteiger partial charge in [-0.2, -0.15) is 0 Å². The zero-order chi connectivity index (χ0) is 27.0. The number of ether oxygens (including phenoxy) is 2. The minimum Gasteiger partial charge on any atom is -0.507 e. The number of aromatic hydroxyl groups is 3. The van der Waals surface area contributed by atoms with Crippen LogP contribution in [0.5, 0.6) is 23.0 Å². The molecule has 1 heterocycles. The summed E-state index contributed by atoms with van der Waals surface area (Å²) in [6.45, 7) is 5.52. The van der Waals surface area contributed by atoms with Crippen LogP contribution in [-0.4, -0.2) is 40.1 Å². The number of rotatable bonds is 2. The van der Waals surface area contributed by atoms with E-state index >= 15 is 0 Å². The number of hydrogen-bond donors (Lipinski definition) is 3. The molecule has 3 N–H and O–H groups in total. The molecule has 4 aromatic carbocycles. The number of hydrogen-bond acceptors (Lipinski definition) is 7. The van der Waals surface area contributed by atoms with E-state index in [1.807, 2.05) is 19.9 Å². The zero-order valence-corrected chi connectivity index (χ0v) is 21.4. The van der Waals surface area contributed by atoms with Crippen LogP contribution >= 0.6 is 0 Å². The Balaban J connectivity index is 1.70. The van der Waals surface area contributed by atoms with Crippen molar-refractivity contribution >= 4 is 22.3 Å². The normalized spacial score (nSPS) is 18.2. The van der Waals surface area contributed by atoms with Crippen LogP contribution in [0.15, 0.2) is 42.5 Å². The molecule has 0 spiro atoms. The fourth-order valence-electron chi connectivity index (χ4n) is 6.11. The SMILES string of the molecule is COc1cccc2c(-c3ccc4c(c3O)C(=O)c3c(O)cc(C)cc3C4=O)c3c(c(O)c12)[C@H](C)O[C@@H](C)C3. The summed E-state index contributed by atoms with van der Waals surface area (Å²) in [5, 5.41) is 34.7. The van der Waals surface area contributed by atoms with E-state index in [-0.39, 0.29) is 45.6 Å². The van der Waals surface area contributed by atoms with Gasteiger partial charge < -0.3 is 24.8 Å². The summed E-state index contributed by atoms with van der Waals surface area (Å²) in [5.74, 6) is -1.21. The summed E-state index contributed by atoms with van der Waals surface area (Å²) in [6, 6.07) is 11.5. The molecule has 6 rings (SSSR count). The number of fused-ring (bicyclic) bond motifs is 4. The highest BCUT2D eigenvalue weighted by Crippen LogP contribution is 2.52. The lowest BCUT2D eigenvalue weighted by Gasteiger charge is -2.32. The molecule has 7 heteroatoms. The smallest absolute Gasteiger partial charge is 0.201 e. The standard InChI is InChI=1S/C31H26O7/c1-13-10-20-25(21(32)11-13)31(36)27-18(28(20)33)9-8-17(29(27)34)24-16-6-5-7-22(37-4)26(16)30(35)23-15(3)38-14(2)12-19(23)24/h5-11,14-15,32,34-35H,12H2,1-4H3/t14-,15-/m0/s1. The van der Waals surface area contributed by atoms with E-state index in [0.717, 1.165) is 5.56 Å². The number of methoxy groups -OCH3 is 1. The van der Waals surface area contributed by atoms with Gasteiger partial charge in [-0.05, 0) is 79.6 Å². The number of ketones is 2. The third kappa shape index (κ3) is 3.18. The first-order valence-electron chi connectivity index (χ1n) is 12.4. The quantitative estimate of drug-likeness (QED) is 0.278. The lowest BCUT2D eigenvalue weighted by Crippen LogP contribution is -2.24. The molecule has 0 amide bonds. The molecule has 1 aliphatic heterocycles. The summed E-state index contributed by atoms with van der Waals surface area (Å²) in [4.78, 5) is 27.0. The summed E-state index contributed by atoms with van der Waals surface area (Å²) >= 11 is 0. The first kappa shape index (κ1) is 24.0. The maximum absolute atomic E-state index is 13.6. The fraction of sp³-hybridized carbons (Fsp3) is 0.226. The van der Waals surface area contributed by atoms with Crippen molar-refractivity contribution in [2.75, 3.05) is 7.11 Å². The largest absolute Gasteiger partial charge is 0.507 e. The summed E-state index contributed by atoms with van der Waals surface area (Å²) < 4.78 is 11.6. The molecule has 0 saturated heterocycles. The molecule has 0 fully saturated rings. The van der Waals surface area contributed by atoms with Gasteiger partial charge in [0.05, 0.1) is 35.8 Å². The second kappa shape index (κ2) is 8.33. The zero-order valence-electron chi connectivity index (χ0n) is 21.4. The van der Waals surface area contributed by atoms with Crippen molar-refractivity contribution in [3.8, 4) is 34.1 Å². The Morgan fingerprint density at radius 2 is 1.61 bits per heavy atom. The first-order chi connectivity index (χ1) is 18.1. The number of carbonyl (C=O) groups is 2. The second-order valence-electron chi connectivity index (χ2n) is 10.0. The molecule has 4 aromatic rings. The predicted molar refractivity (Wildman–Crippen MR) is 142 cm³/mol. The van der Waals surface area contributed by atoms with Gasteiger partial charge in [-0.1, -0.05) is 12.1 Å². The Kier molecular flexibility index (Phi) is 5.26. The maximum Gasteiger partial charge on any atom is 0.201 e. The molecule has 2 aliphatic rings. The molecular weight excluding hydrogens is 484 g/mol. The van der Waals surface area contributed by atoms with Gasteiger partial charge in [0.25, 0.3) is 0 Å². The minimum atomic E-state index is -0.619. The molecule has 38 heavy (non-hydrogen) atoms. The highest BCUT2D eigenvalue weighted by Gasteiger charge is 2.37. The van der Waals surface area contributed by atoms with E-state index in [9.17, 15) is 24.9 Å². The topological polar surface area (TPSA) is 113 Å². The van der Waals surface area contributed by atoms with Crippen LogP contribution in [0, 0.1) is 6.92 Å². The number of benzene rings is 4. The molecule has 2 atom stereocenters. The van der Waals surface area contributed by atoms with E-state index in [1.54, 1.807) is 37.3 Å². The molecule has 0 unspecified atom stereocenters. The number of carbonyl (C=O) groups excluding carboxylic acids is 2. The van der Waals surface area contributed by atoms with E-state index in [2.05, 4.69) is 0 Å². The van der Waals surface area contributed by atoms with Gasteiger partial charge in [-0.25, -0.2) is 0 Å². The Bertz CT molecular complexity index is 1720. The average Bonchev–Trinajstić information content (AvgIpc) is 2.86. The predicted octanol–water partition coefficient (Wildman–Crippen LogP) is 5.74. The Hall–Kier alpha value is -4.36. The Labute approximate surface area is 218 Å². The van der Waals surface area contributed by atoms with Crippen LogP contribution < -0.4 is 4.74 Å². The van der Waals surface area contributed by atoms with Crippen molar-refractivity contribution in [1.29, 1.82) is 0 Å². The van der Waals surface area contributed by atoms with Gasteiger partial charge in [0.2, 0.25) is 5.78 Å². The van der Waals surface area contributed by atoms with E-state index in [1.165, 1.54) is 13.2 Å². The van der Waals surface area contributed by atoms with Gasteiger partial charge in [0.15, 0.2) is 5.78 Å². The molecular formula is C31H26O7. The molecule has 192 valence electrons. The number of phenols is 3. The van der Waals surface area contributed by atoms with Crippen LogP contribution in [-0.2, 0) is 11.2 Å². The maximum atomic E-state index is 13.6. The van der Waals surface area contributed by atoms with Crippen LogP contribution in [0.2, 0.25) is 0 Å². The van der Waals surface area contributed by atoms with E-state index in [0.29, 0.717) is 45.2 Å². The monoisotopic (exact) mass is 510 g/mol. The lowest BCUT2D eigenvalue weighted by atomic mass is 9.78. The molecule has 0 aromatic heterocycles. The van der Waals surface area contributed by atoms with E-state index in [4.69, 9.17) is 9.47 Å². The number of phenolic OH excluding ortho intramolecular Hbond substituents is 3. The van der Waals surface area contributed by atoms with Crippen LogP contribution in [0.25, 0.3) is 21.9 Å². The minimum absolute atomic E-state index is 0.0496. The van der Waals surface area contributed by atoms with Crippen molar-refractivity contribution in [2.45, 2.75) is 39.4 Å². The van der Waals surface area contributed by atoms with Crippen molar-refractivity contribution in [2.24, 2.45) is 0 Å². The van der Waals surface area contributed by atoms with Crippen molar-refractivity contribution in [1.82, 2.24) is 0 Å². The van der Waals surface area contributed by atoms with Crippen molar-refractivity contribution < 1.29 is 34.4 Å². The third-order valence-electron chi connectivity index (χ3n) is 7.62. The molecule has 1 aliphatic carbocycles. The summed E-state index contributed by atoms with van der Waals surface area (Å²) in [5.41, 5.74) is 2.93. The average molecular weight is 511 g/mol. The van der Waals surface area contributed by atoms with Crippen LogP contribution in [0.1, 0.15) is 68.5 Å². The molecule has 7 nitrogen and oxygen atoms in total. The highest BCUT2D eigenvalue weighted by atomic mass is 16.5. The lowest BCUT2D eigenvalue weighted by molar-refractivity contribution is -0.00568. The van der Waals surface area contributed by atoms with E-state index < -0.39 is 17.7 Å². The van der Waals surface area contributed by atoms with Crippen LogP contribution in [0.4, 0.5) is 0 Å².